The number of amidine groups is 1. The average molecular weight is 386 g/mol. The van der Waals surface area contributed by atoms with Gasteiger partial charge in [-0.25, -0.2) is 4.99 Å². The Bertz CT molecular complexity index is 1050. The maximum absolute atomic E-state index is 4.84. The molecule has 0 radical (unpaired) electrons. The van der Waals surface area contributed by atoms with Crippen molar-refractivity contribution in [1.82, 2.24) is 15.6 Å². The zero-order valence-corrected chi connectivity index (χ0v) is 17.2. The number of hydrogen-bond acceptors (Lipinski definition) is 3. The molecule has 1 aromatic heterocycles. The van der Waals surface area contributed by atoms with E-state index in [2.05, 4.69) is 96.0 Å². The topological polar surface area (TPSA) is 56.3 Å². The van der Waals surface area contributed by atoms with Crippen LogP contribution in [0, 0.1) is 0 Å². The van der Waals surface area contributed by atoms with Crippen LogP contribution in [0.1, 0.15) is 61.9 Å². The Hall–Kier alpha value is -3.08. The molecule has 2 aliphatic rings. The first-order valence-electron chi connectivity index (χ1n) is 10.3. The van der Waals surface area contributed by atoms with Crippen LogP contribution in [0.4, 0.5) is 11.5 Å². The average Bonchev–Trinajstić information content (AvgIpc) is 3.46. The highest BCUT2D eigenvalue weighted by molar-refractivity contribution is 6.03. The van der Waals surface area contributed by atoms with Crippen LogP contribution in [0.3, 0.4) is 0 Å². The predicted octanol–water partition coefficient (Wildman–Crippen LogP) is 5.19. The second kappa shape index (κ2) is 6.76. The van der Waals surface area contributed by atoms with E-state index in [4.69, 9.17) is 4.99 Å². The Labute approximate surface area is 171 Å². The number of fused-ring (bicyclic) bond motifs is 1. The number of anilines is 1. The number of hydrazine groups is 1. The van der Waals surface area contributed by atoms with Crippen molar-refractivity contribution >= 4 is 17.3 Å². The molecule has 5 rings (SSSR count). The number of aliphatic imine (C=N–C) groups is 1. The molecule has 148 valence electrons. The lowest BCUT2D eigenvalue weighted by molar-refractivity contribution is 0.590. The third kappa shape index (κ3) is 3.65. The minimum absolute atomic E-state index is 0.145. The molecule has 2 heterocycles. The number of benzene rings is 2. The van der Waals surface area contributed by atoms with Crippen LogP contribution in [-0.4, -0.2) is 16.0 Å². The van der Waals surface area contributed by atoms with Gasteiger partial charge in [0.25, 0.3) is 0 Å². The zero-order chi connectivity index (χ0) is 20.0. The molecule has 5 heteroatoms. The fourth-order valence-corrected chi connectivity index (χ4v) is 3.77. The Morgan fingerprint density at radius 3 is 2.52 bits per heavy atom. The third-order valence-corrected chi connectivity index (χ3v) is 5.71. The summed E-state index contributed by atoms with van der Waals surface area (Å²) in [6.07, 6.45) is 2.50. The lowest BCUT2D eigenvalue weighted by Crippen LogP contribution is -2.46. The Morgan fingerprint density at radius 2 is 1.79 bits per heavy atom. The fourth-order valence-electron chi connectivity index (χ4n) is 3.77. The van der Waals surface area contributed by atoms with E-state index in [-0.39, 0.29) is 5.41 Å². The van der Waals surface area contributed by atoms with E-state index in [0.717, 1.165) is 29.4 Å². The van der Waals surface area contributed by atoms with Gasteiger partial charge in [0.15, 0.2) is 11.7 Å². The summed E-state index contributed by atoms with van der Waals surface area (Å²) >= 11 is 0. The number of aromatic amines is 1. The molecule has 0 spiro atoms. The number of aromatic nitrogens is 2. The normalized spacial score (nSPS) is 17.9. The predicted molar refractivity (Wildman–Crippen MR) is 118 cm³/mol. The monoisotopic (exact) mass is 385 g/mol. The lowest BCUT2D eigenvalue weighted by Gasteiger charge is -2.33. The van der Waals surface area contributed by atoms with Crippen molar-refractivity contribution in [3.05, 3.63) is 77.0 Å². The van der Waals surface area contributed by atoms with E-state index >= 15 is 0 Å². The van der Waals surface area contributed by atoms with Crippen LogP contribution in [0.2, 0.25) is 0 Å². The van der Waals surface area contributed by atoms with Crippen LogP contribution in [-0.2, 0) is 12.0 Å². The highest BCUT2D eigenvalue weighted by Crippen LogP contribution is 2.40. The second-order valence-electron chi connectivity index (χ2n) is 9.07. The van der Waals surface area contributed by atoms with E-state index < -0.39 is 0 Å². The van der Waals surface area contributed by atoms with Gasteiger partial charge in [-0.2, -0.15) is 5.10 Å². The largest absolute Gasteiger partial charge is 0.282 e. The van der Waals surface area contributed by atoms with Crippen molar-refractivity contribution in [2.75, 3.05) is 5.01 Å². The van der Waals surface area contributed by atoms with Crippen LogP contribution in [0.25, 0.3) is 0 Å². The van der Waals surface area contributed by atoms with Crippen molar-refractivity contribution in [3.8, 4) is 0 Å². The molecule has 1 aliphatic carbocycles. The molecule has 0 bridgehead atoms. The van der Waals surface area contributed by atoms with Gasteiger partial charge < -0.3 is 0 Å². The third-order valence-electron chi connectivity index (χ3n) is 5.71. The summed E-state index contributed by atoms with van der Waals surface area (Å²) in [5.41, 5.74) is 9.70. The van der Waals surface area contributed by atoms with Gasteiger partial charge in [0.2, 0.25) is 0 Å². The molecule has 5 nitrogen and oxygen atoms in total. The van der Waals surface area contributed by atoms with E-state index in [1.807, 2.05) is 0 Å². The zero-order valence-electron chi connectivity index (χ0n) is 17.2. The summed E-state index contributed by atoms with van der Waals surface area (Å²) in [6, 6.07) is 19.3. The quantitative estimate of drug-likeness (QED) is 0.652. The Morgan fingerprint density at radius 1 is 1.03 bits per heavy atom. The molecular formula is C24H27N5. The number of hydrogen-bond donors (Lipinski definition) is 2. The van der Waals surface area contributed by atoms with E-state index in [9.17, 15) is 0 Å². The first-order chi connectivity index (χ1) is 14.0. The maximum Gasteiger partial charge on any atom is 0.176 e. The molecule has 1 aliphatic heterocycles. The summed E-state index contributed by atoms with van der Waals surface area (Å²) in [4.78, 5) is 4.84. The maximum atomic E-state index is 4.84. The van der Waals surface area contributed by atoms with Gasteiger partial charge in [0.05, 0.1) is 12.2 Å². The molecule has 3 aromatic rings. The number of nitrogens with zero attached hydrogens (tertiary/aromatic N) is 3. The van der Waals surface area contributed by atoms with Gasteiger partial charge in [-0.3, -0.25) is 15.5 Å². The molecule has 0 atom stereocenters. The van der Waals surface area contributed by atoms with Crippen molar-refractivity contribution < 1.29 is 0 Å². The Balaban J connectivity index is 1.47. The summed E-state index contributed by atoms with van der Waals surface area (Å²) < 4.78 is 0. The van der Waals surface area contributed by atoms with Gasteiger partial charge in [0, 0.05) is 23.2 Å². The standard InChI is InChI=1S/C24H27N5/c1-24(2,3)18-10-12-19(13-11-18)29-15-17-6-4-5-7-20(17)23(28-29)25-22-14-21(26-27-22)16-8-9-16/h4-7,10-14,16H,8-9,15H2,1-3H3,(H2,25,26,27,28). The summed E-state index contributed by atoms with van der Waals surface area (Å²) in [5.74, 6) is 2.20. The Kier molecular flexibility index (Phi) is 4.19. The molecule has 29 heavy (non-hydrogen) atoms. The second-order valence-corrected chi connectivity index (χ2v) is 9.07. The summed E-state index contributed by atoms with van der Waals surface area (Å²) in [7, 11) is 0. The van der Waals surface area contributed by atoms with E-state index in [1.165, 1.54) is 29.7 Å². The van der Waals surface area contributed by atoms with Crippen molar-refractivity contribution in [1.29, 1.82) is 0 Å². The molecule has 0 saturated heterocycles. The minimum Gasteiger partial charge on any atom is -0.282 e. The van der Waals surface area contributed by atoms with Gasteiger partial charge in [-0.05, 0) is 41.5 Å². The van der Waals surface area contributed by atoms with Crippen LogP contribution >= 0.6 is 0 Å². The molecule has 1 fully saturated rings. The first-order valence-corrected chi connectivity index (χ1v) is 10.3. The molecular weight excluding hydrogens is 358 g/mol. The summed E-state index contributed by atoms with van der Waals surface area (Å²) in [6.45, 7) is 7.50. The molecule has 0 unspecified atom stereocenters. The van der Waals surface area contributed by atoms with Crippen LogP contribution < -0.4 is 10.4 Å². The number of nitrogens with one attached hydrogen (secondary N) is 2. The molecule has 2 N–H and O–H groups in total. The van der Waals surface area contributed by atoms with Gasteiger partial charge in [0.1, 0.15) is 0 Å². The highest BCUT2D eigenvalue weighted by Gasteiger charge is 2.26. The van der Waals surface area contributed by atoms with Crippen LogP contribution in [0.15, 0.2) is 59.6 Å². The van der Waals surface area contributed by atoms with Gasteiger partial charge in [-0.15, -0.1) is 0 Å². The molecule has 2 aromatic carbocycles. The highest BCUT2D eigenvalue weighted by atomic mass is 15.5. The first kappa shape index (κ1) is 18.0. The minimum atomic E-state index is 0.145. The van der Waals surface area contributed by atoms with Gasteiger partial charge in [-0.1, -0.05) is 57.2 Å². The van der Waals surface area contributed by atoms with E-state index in [1.54, 1.807) is 0 Å². The SMILES string of the molecule is CC(C)(C)c1ccc(N2Cc3ccccc3C(=Nc3cc(C4CC4)[nH]n3)N2)cc1. The lowest BCUT2D eigenvalue weighted by atomic mass is 9.87. The van der Waals surface area contributed by atoms with Crippen molar-refractivity contribution in [3.63, 3.8) is 0 Å². The fraction of sp³-hybridized carbons (Fsp3) is 0.333. The smallest absolute Gasteiger partial charge is 0.176 e. The number of rotatable bonds is 3. The molecule has 1 saturated carbocycles. The van der Waals surface area contributed by atoms with Crippen molar-refractivity contribution in [2.45, 2.75) is 51.5 Å². The van der Waals surface area contributed by atoms with Crippen molar-refractivity contribution in [2.24, 2.45) is 4.99 Å². The summed E-state index contributed by atoms with van der Waals surface area (Å²) in [5, 5.41) is 9.71. The molecule has 0 amide bonds. The number of H-pyrrole nitrogens is 1. The van der Waals surface area contributed by atoms with E-state index in [0.29, 0.717) is 5.92 Å². The van der Waals surface area contributed by atoms with Crippen LogP contribution in [0.5, 0.6) is 0 Å². The van der Waals surface area contributed by atoms with Gasteiger partial charge >= 0.3 is 0 Å².